The second kappa shape index (κ2) is 5.99. The highest BCUT2D eigenvalue weighted by Crippen LogP contribution is 2.27. The zero-order valence-corrected chi connectivity index (χ0v) is 12.1. The van der Waals surface area contributed by atoms with Crippen LogP contribution in [-0.2, 0) is 14.8 Å². The Labute approximate surface area is 109 Å². The van der Waals surface area contributed by atoms with Crippen molar-refractivity contribution in [3.63, 3.8) is 0 Å². The molecule has 1 fully saturated rings. The molecule has 0 aromatic heterocycles. The molecule has 0 aromatic rings. The second-order valence-corrected chi connectivity index (χ2v) is 7.32. The van der Waals surface area contributed by atoms with E-state index in [9.17, 15) is 13.2 Å². The van der Waals surface area contributed by atoms with Crippen LogP contribution in [0.3, 0.4) is 0 Å². The van der Waals surface area contributed by atoms with Crippen LogP contribution in [0, 0.1) is 5.41 Å². The molecule has 1 rings (SSSR count). The van der Waals surface area contributed by atoms with Gasteiger partial charge in [0.25, 0.3) is 0 Å². The van der Waals surface area contributed by atoms with Gasteiger partial charge in [-0.2, -0.15) is 0 Å². The minimum Gasteiger partial charge on any atom is -0.355 e. The molecule has 2 N–H and O–H groups in total. The molecular weight excluding hydrogens is 254 g/mol. The number of nitrogens with one attached hydrogen (secondary N) is 2. The fourth-order valence-electron chi connectivity index (χ4n) is 2.17. The van der Waals surface area contributed by atoms with Crippen LogP contribution in [0.4, 0.5) is 0 Å². The number of amides is 1. The lowest BCUT2D eigenvalue weighted by Crippen LogP contribution is -2.38. The van der Waals surface area contributed by atoms with Crippen LogP contribution >= 0.6 is 0 Å². The first-order valence-corrected chi connectivity index (χ1v) is 7.99. The first kappa shape index (κ1) is 15.4. The largest absolute Gasteiger partial charge is 0.355 e. The van der Waals surface area contributed by atoms with Crippen molar-refractivity contribution in [2.75, 3.05) is 39.5 Å². The van der Waals surface area contributed by atoms with Crippen molar-refractivity contribution in [3.8, 4) is 0 Å². The summed E-state index contributed by atoms with van der Waals surface area (Å²) in [6.07, 6.45) is 2.34. The molecule has 1 heterocycles. The molecule has 0 aliphatic carbocycles. The zero-order chi connectivity index (χ0) is 13.8. The smallest absolute Gasteiger partial charge is 0.221 e. The highest BCUT2D eigenvalue weighted by Gasteiger charge is 2.31. The third kappa shape index (κ3) is 5.79. The van der Waals surface area contributed by atoms with E-state index < -0.39 is 10.0 Å². The number of likely N-dealkylation sites (tertiary alicyclic amines) is 1. The van der Waals surface area contributed by atoms with E-state index in [0.717, 1.165) is 25.8 Å². The molecule has 1 atom stereocenters. The molecule has 0 radical (unpaired) electrons. The summed E-state index contributed by atoms with van der Waals surface area (Å²) >= 11 is 0. The van der Waals surface area contributed by atoms with Gasteiger partial charge >= 0.3 is 0 Å². The van der Waals surface area contributed by atoms with Crippen LogP contribution in [0.15, 0.2) is 0 Å². The lowest BCUT2D eigenvalue weighted by atomic mass is 9.90. The zero-order valence-electron chi connectivity index (χ0n) is 11.3. The molecule has 0 bridgehead atoms. The van der Waals surface area contributed by atoms with Crippen molar-refractivity contribution < 1.29 is 13.2 Å². The van der Waals surface area contributed by atoms with Crippen molar-refractivity contribution in [3.05, 3.63) is 0 Å². The highest BCUT2D eigenvalue weighted by molar-refractivity contribution is 7.88. The molecular formula is C11H23N3O3S. The monoisotopic (exact) mass is 277 g/mol. The predicted molar refractivity (Wildman–Crippen MR) is 70.7 cm³/mol. The molecule has 1 aliphatic rings. The fourth-order valence-corrected chi connectivity index (χ4v) is 2.64. The quantitative estimate of drug-likeness (QED) is 0.678. The Bertz CT molecular complexity index is 396. The number of carbonyl (C=O) groups excluding carboxylic acids is 1. The van der Waals surface area contributed by atoms with Crippen LogP contribution in [0.25, 0.3) is 0 Å². The molecule has 7 heteroatoms. The Morgan fingerprint density at radius 2 is 2.11 bits per heavy atom. The fraction of sp³-hybridized carbons (Fsp3) is 0.909. The SMILES string of the molecule is CN1CCC(C)(CNC(=O)CCNS(C)(=O)=O)C1. The van der Waals surface area contributed by atoms with E-state index in [1.54, 1.807) is 0 Å². The Balaban J connectivity index is 2.21. The van der Waals surface area contributed by atoms with Crippen molar-refractivity contribution >= 4 is 15.9 Å². The molecule has 1 amide bonds. The second-order valence-electron chi connectivity index (χ2n) is 5.49. The minimum absolute atomic E-state index is 0.109. The Hall–Kier alpha value is -0.660. The van der Waals surface area contributed by atoms with Crippen LogP contribution < -0.4 is 10.0 Å². The van der Waals surface area contributed by atoms with Gasteiger partial charge in [0.1, 0.15) is 0 Å². The molecule has 1 saturated heterocycles. The van der Waals surface area contributed by atoms with E-state index in [2.05, 4.69) is 28.9 Å². The van der Waals surface area contributed by atoms with Gasteiger partial charge in [-0.3, -0.25) is 4.79 Å². The summed E-state index contributed by atoms with van der Waals surface area (Å²) in [6.45, 7) is 5.00. The normalized spacial score (nSPS) is 25.3. The standard InChI is InChI=1S/C11H23N3O3S/c1-11(5-7-14(2)9-11)8-12-10(15)4-6-13-18(3,16)17/h13H,4-9H2,1-3H3,(H,12,15). The number of sulfonamides is 1. The molecule has 0 aromatic carbocycles. The average molecular weight is 277 g/mol. The summed E-state index contributed by atoms with van der Waals surface area (Å²) < 4.78 is 23.9. The minimum atomic E-state index is -3.21. The predicted octanol–water partition coefficient (Wildman–Crippen LogP) is -0.616. The number of hydrogen-bond donors (Lipinski definition) is 2. The first-order valence-electron chi connectivity index (χ1n) is 6.10. The summed E-state index contributed by atoms with van der Waals surface area (Å²) in [7, 11) is -1.13. The van der Waals surface area contributed by atoms with Crippen molar-refractivity contribution in [1.29, 1.82) is 0 Å². The summed E-state index contributed by atoms with van der Waals surface area (Å²) in [5.74, 6) is -0.109. The summed E-state index contributed by atoms with van der Waals surface area (Å²) in [5.41, 5.74) is 0.134. The van der Waals surface area contributed by atoms with Crippen LogP contribution in [0.2, 0.25) is 0 Å². The molecule has 1 aliphatic heterocycles. The third-order valence-electron chi connectivity index (χ3n) is 3.18. The lowest BCUT2D eigenvalue weighted by Gasteiger charge is -2.24. The maximum absolute atomic E-state index is 11.5. The van der Waals surface area contributed by atoms with Gasteiger partial charge in [0.2, 0.25) is 15.9 Å². The molecule has 18 heavy (non-hydrogen) atoms. The van der Waals surface area contributed by atoms with E-state index in [4.69, 9.17) is 0 Å². The summed E-state index contributed by atoms with van der Waals surface area (Å²) in [5, 5.41) is 2.87. The number of nitrogens with zero attached hydrogens (tertiary/aromatic N) is 1. The average Bonchev–Trinajstić information content (AvgIpc) is 2.55. The van der Waals surface area contributed by atoms with Gasteiger partial charge in [-0.1, -0.05) is 6.92 Å². The van der Waals surface area contributed by atoms with Crippen LogP contribution in [0.1, 0.15) is 19.8 Å². The molecule has 0 saturated carbocycles. The molecule has 6 nitrogen and oxygen atoms in total. The Morgan fingerprint density at radius 3 is 2.61 bits per heavy atom. The molecule has 106 valence electrons. The van der Waals surface area contributed by atoms with Crippen LogP contribution in [-0.4, -0.2) is 58.7 Å². The van der Waals surface area contributed by atoms with Gasteiger partial charge in [0.05, 0.1) is 6.26 Å². The van der Waals surface area contributed by atoms with Gasteiger partial charge in [-0.25, -0.2) is 13.1 Å². The van der Waals surface area contributed by atoms with Crippen molar-refractivity contribution in [2.24, 2.45) is 5.41 Å². The summed E-state index contributed by atoms with van der Waals surface area (Å²) in [6, 6.07) is 0. The van der Waals surface area contributed by atoms with Gasteiger partial charge in [0, 0.05) is 26.1 Å². The topological polar surface area (TPSA) is 78.5 Å². The van der Waals surface area contributed by atoms with E-state index >= 15 is 0 Å². The summed E-state index contributed by atoms with van der Waals surface area (Å²) in [4.78, 5) is 13.8. The number of hydrogen-bond acceptors (Lipinski definition) is 4. The molecule has 0 spiro atoms. The maximum atomic E-state index is 11.5. The van der Waals surface area contributed by atoms with E-state index in [1.807, 2.05) is 0 Å². The van der Waals surface area contributed by atoms with Crippen LogP contribution in [0.5, 0.6) is 0 Å². The number of rotatable bonds is 6. The first-order chi connectivity index (χ1) is 8.20. The molecule has 1 unspecified atom stereocenters. The van der Waals surface area contributed by atoms with Gasteiger partial charge in [0.15, 0.2) is 0 Å². The van der Waals surface area contributed by atoms with Crippen molar-refractivity contribution in [2.45, 2.75) is 19.8 Å². The van der Waals surface area contributed by atoms with Gasteiger partial charge in [-0.15, -0.1) is 0 Å². The van der Waals surface area contributed by atoms with E-state index in [-0.39, 0.29) is 24.3 Å². The highest BCUT2D eigenvalue weighted by atomic mass is 32.2. The van der Waals surface area contributed by atoms with E-state index in [1.165, 1.54) is 0 Å². The lowest BCUT2D eigenvalue weighted by molar-refractivity contribution is -0.121. The Morgan fingerprint density at radius 1 is 1.44 bits per heavy atom. The number of carbonyl (C=O) groups is 1. The Kier molecular flexibility index (Phi) is 5.12. The van der Waals surface area contributed by atoms with E-state index in [0.29, 0.717) is 6.54 Å². The van der Waals surface area contributed by atoms with Gasteiger partial charge < -0.3 is 10.2 Å². The maximum Gasteiger partial charge on any atom is 0.221 e. The van der Waals surface area contributed by atoms with Gasteiger partial charge in [-0.05, 0) is 25.4 Å². The third-order valence-corrected chi connectivity index (χ3v) is 3.91. The van der Waals surface area contributed by atoms with Crippen molar-refractivity contribution in [1.82, 2.24) is 14.9 Å².